The Kier molecular flexibility index (Phi) is 6.57. The second-order valence-electron chi connectivity index (χ2n) is 7.14. The highest BCUT2D eigenvalue weighted by Crippen LogP contribution is 2.30. The van der Waals surface area contributed by atoms with Gasteiger partial charge in [-0.25, -0.2) is 0 Å². The molecule has 2 fully saturated rings. The smallest absolute Gasteiger partial charge is 0.160 e. The van der Waals surface area contributed by atoms with Gasteiger partial charge in [-0.1, -0.05) is 18.9 Å². The summed E-state index contributed by atoms with van der Waals surface area (Å²) in [5.74, 6) is 1.52. The largest absolute Gasteiger partial charge is 0.493 e. The van der Waals surface area contributed by atoms with Gasteiger partial charge >= 0.3 is 0 Å². The summed E-state index contributed by atoms with van der Waals surface area (Å²) in [4.78, 5) is 2.44. The third kappa shape index (κ3) is 4.66. The second-order valence-corrected chi connectivity index (χ2v) is 7.14. The van der Waals surface area contributed by atoms with Crippen molar-refractivity contribution >= 4 is 0 Å². The van der Waals surface area contributed by atoms with Crippen molar-refractivity contribution in [2.45, 2.75) is 56.8 Å². The molecule has 0 amide bonds. The normalized spacial score (nSPS) is 27.4. The zero-order chi connectivity index (χ0) is 17.6. The number of hydrogen-bond donors (Lipinski definition) is 1. The fourth-order valence-electron chi connectivity index (χ4n) is 4.12. The molecule has 1 saturated heterocycles. The molecule has 1 saturated carbocycles. The number of aliphatic hydroxyl groups is 1. The molecule has 3 rings (SSSR count). The van der Waals surface area contributed by atoms with E-state index in [1.165, 1.54) is 24.8 Å². The third-order valence-electron chi connectivity index (χ3n) is 5.50. The molecule has 1 N–H and O–H groups in total. The standard InChI is InChI=1S/C20H31NO4/c1-23-19-8-7-15(13-20(19)24-2)10-12-25-18-6-4-3-5-17(18)21-11-9-16(22)14-21/h7-8,13,16-18,22H,3-6,9-12,14H2,1-2H3/t16-,17?,18+/m1/s1. The van der Waals surface area contributed by atoms with Crippen molar-refractivity contribution in [3.63, 3.8) is 0 Å². The van der Waals surface area contributed by atoms with Crippen LogP contribution in [0.3, 0.4) is 0 Å². The Labute approximate surface area is 150 Å². The zero-order valence-corrected chi connectivity index (χ0v) is 15.4. The van der Waals surface area contributed by atoms with Crippen molar-refractivity contribution in [2.24, 2.45) is 0 Å². The lowest BCUT2D eigenvalue weighted by Crippen LogP contribution is -2.46. The Balaban J connectivity index is 1.53. The number of β-amino-alcohol motifs (C(OH)–C–C–N with tert-alkyl or cyclic N) is 1. The summed E-state index contributed by atoms with van der Waals surface area (Å²) in [6, 6.07) is 6.51. The first-order valence-electron chi connectivity index (χ1n) is 9.46. The average molecular weight is 349 g/mol. The minimum atomic E-state index is -0.158. The summed E-state index contributed by atoms with van der Waals surface area (Å²) < 4.78 is 16.9. The molecule has 140 valence electrons. The number of aliphatic hydroxyl groups excluding tert-OH is 1. The number of hydrogen-bond acceptors (Lipinski definition) is 5. The van der Waals surface area contributed by atoms with Gasteiger partial charge in [-0.3, -0.25) is 4.90 Å². The molecule has 5 heteroatoms. The van der Waals surface area contributed by atoms with Crippen LogP contribution in [0.5, 0.6) is 11.5 Å². The van der Waals surface area contributed by atoms with E-state index in [0.29, 0.717) is 18.8 Å². The van der Waals surface area contributed by atoms with E-state index in [9.17, 15) is 5.11 Å². The predicted molar refractivity (Wildman–Crippen MR) is 97.4 cm³/mol. The second kappa shape index (κ2) is 8.88. The monoisotopic (exact) mass is 349 g/mol. The Bertz CT molecular complexity index is 550. The van der Waals surface area contributed by atoms with Gasteiger partial charge in [0.2, 0.25) is 0 Å². The molecule has 2 aliphatic rings. The van der Waals surface area contributed by atoms with Crippen LogP contribution in [0.15, 0.2) is 18.2 Å². The van der Waals surface area contributed by atoms with E-state index >= 15 is 0 Å². The molecule has 1 heterocycles. The molecule has 1 aliphatic carbocycles. The maximum Gasteiger partial charge on any atom is 0.160 e. The van der Waals surface area contributed by atoms with Crippen LogP contribution in [-0.2, 0) is 11.2 Å². The number of methoxy groups -OCH3 is 2. The first-order chi connectivity index (χ1) is 12.2. The number of ether oxygens (including phenoxy) is 3. The summed E-state index contributed by atoms with van der Waals surface area (Å²) >= 11 is 0. The molecule has 5 nitrogen and oxygen atoms in total. The van der Waals surface area contributed by atoms with Gasteiger partial charge in [0.15, 0.2) is 11.5 Å². The number of rotatable bonds is 7. The van der Waals surface area contributed by atoms with Crippen LogP contribution in [0, 0.1) is 0 Å². The van der Waals surface area contributed by atoms with E-state index in [4.69, 9.17) is 14.2 Å². The van der Waals surface area contributed by atoms with E-state index in [2.05, 4.69) is 11.0 Å². The zero-order valence-electron chi connectivity index (χ0n) is 15.4. The van der Waals surface area contributed by atoms with Gasteiger partial charge in [0, 0.05) is 19.1 Å². The fraction of sp³-hybridized carbons (Fsp3) is 0.700. The van der Waals surface area contributed by atoms with E-state index in [0.717, 1.165) is 43.9 Å². The lowest BCUT2D eigenvalue weighted by molar-refractivity contribution is -0.0316. The highest BCUT2D eigenvalue weighted by atomic mass is 16.5. The molecule has 1 unspecified atom stereocenters. The van der Waals surface area contributed by atoms with E-state index in [-0.39, 0.29) is 6.10 Å². The van der Waals surface area contributed by atoms with Crippen LogP contribution in [0.4, 0.5) is 0 Å². The van der Waals surface area contributed by atoms with Crippen molar-refractivity contribution in [3.05, 3.63) is 23.8 Å². The Morgan fingerprint density at radius 2 is 1.88 bits per heavy atom. The Hall–Kier alpha value is -1.30. The molecule has 0 bridgehead atoms. The average Bonchev–Trinajstić information content (AvgIpc) is 3.08. The number of nitrogens with zero attached hydrogens (tertiary/aromatic N) is 1. The minimum Gasteiger partial charge on any atom is -0.493 e. The van der Waals surface area contributed by atoms with Crippen molar-refractivity contribution in [1.29, 1.82) is 0 Å². The molecule has 3 atom stereocenters. The summed E-state index contributed by atoms with van der Waals surface area (Å²) in [5.41, 5.74) is 1.20. The molecular formula is C20H31NO4. The number of likely N-dealkylation sites (tertiary alicyclic amines) is 1. The molecule has 0 spiro atoms. The SMILES string of the molecule is COc1ccc(CCO[C@H]2CCCCC2N2CC[C@@H](O)C2)cc1OC. The summed E-state index contributed by atoms with van der Waals surface area (Å²) in [5, 5.41) is 9.83. The van der Waals surface area contributed by atoms with Crippen LogP contribution in [0.25, 0.3) is 0 Å². The van der Waals surface area contributed by atoms with Gasteiger partial charge in [0.25, 0.3) is 0 Å². The molecule has 1 aliphatic heterocycles. The molecule has 1 aromatic rings. The minimum absolute atomic E-state index is 0.158. The first-order valence-corrected chi connectivity index (χ1v) is 9.46. The van der Waals surface area contributed by atoms with Crippen LogP contribution >= 0.6 is 0 Å². The summed E-state index contributed by atoms with van der Waals surface area (Å²) in [6.45, 7) is 2.52. The predicted octanol–water partition coefficient (Wildman–Crippen LogP) is 2.64. The van der Waals surface area contributed by atoms with Crippen LogP contribution in [-0.4, -0.2) is 62.2 Å². The maximum atomic E-state index is 9.83. The van der Waals surface area contributed by atoms with Crippen molar-refractivity contribution < 1.29 is 19.3 Å². The van der Waals surface area contributed by atoms with Crippen molar-refractivity contribution in [3.8, 4) is 11.5 Å². The van der Waals surface area contributed by atoms with Gasteiger partial charge in [-0.2, -0.15) is 0 Å². The van der Waals surface area contributed by atoms with Crippen LogP contribution in [0.2, 0.25) is 0 Å². The quantitative estimate of drug-likeness (QED) is 0.820. The number of benzene rings is 1. The van der Waals surface area contributed by atoms with Crippen LogP contribution in [0.1, 0.15) is 37.7 Å². The van der Waals surface area contributed by atoms with Crippen molar-refractivity contribution in [2.75, 3.05) is 33.9 Å². The van der Waals surface area contributed by atoms with Gasteiger partial charge in [0.05, 0.1) is 33.0 Å². The summed E-state index contributed by atoms with van der Waals surface area (Å²) in [6.07, 6.45) is 6.73. The van der Waals surface area contributed by atoms with Gasteiger partial charge in [0.1, 0.15) is 0 Å². The Morgan fingerprint density at radius 3 is 2.60 bits per heavy atom. The third-order valence-corrected chi connectivity index (χ3v) is 5.50. The van der Waals surface area contributed by atoms with Crippen LogP contribution < -0.4 is 9.47 Å². The molecule has 25 heavy (non-hydrogen) atoms. The first kappa shape index (κ1) is 18.5. The lowest BCUT2D eigenvalue weighted by atomic mass is 9.91. The molecule has 1 aromatic carbocycles. The Morgan fingerprint density at radius 1 is 1.08 bits per heavy atom. The van der Waals surface area contributed by atoms with Gasteiger partial charge in [-0.15, -0.1) is 0 Å². The fourth-order valence-corrected chi connectivity index (χ4v) is 4.12. The molecule has 0 radical (unpaired) electrons. The summed E-state index contributed by atoms with van der Waals surface area (Å²) in [7, 11) is 3.31. The lowest BCUT2D eigenvalue weighted by Gasteiger charge is -2.37. The van der Waals surface area contributed by atoms with E-state index < -0.39 is 0 Å². The highest BCUT2D eigenvalue weighted by Gasteiger charge is 2.34. The van der Waals surface area contributed by atoms with Gasteiger partial charge < -0.3 is 19.3 Å². The van der Waals surface area contributed by atoms with Crippen molar-refractivity contribution in [1.82, 2.24) is 4.90 Å². The molecular weight excluding hydrogens is 318 g/mol. The topological polar surface area (TPSA) is 51.2 Å². The van der Waals surface area contributed by atoms with Gasteiger partial charge in [-0.05, 0) is 43.4 Å². The molecule has 0 aromatic heterocycles. The van der Waals surface area contributed by atoms with E-state index in [1.807, 2.05) is 12.1 Å². The highest BCUT2D eigenvalue weighted by molar-refractivity contribution is 5.42. The maximum absolute atomic E-state index is 9.83. The van der Waals surface area contributed by atoms with E-state index in [1.54, 1.807) is 14.2 Å².